The van der Waals surface area contributed by atoms with Gasteiger partial charge in [-0.05, 0) is 65.4 Å². The number of ether oxygens (including phenoxy) is 1. The van der Waals surface area contributed by atoms with Crippen molar-refractivity contribution >= 4 is 28.0 Å². The molecule has 1 saturated carbocycles. The summed E-state index contributed by atoms with van der Waals surface area (Å²) in [6, 6.07) is 5.65. The van der Waals surface area contributed by atoms with Crippen LogP contribution in [0.3, 0.4) is 0 Å². The van der Waals surface area contributed by atoms with E-state index in [4.69, 9.17) is 9.84 Å². The predicted octanol–water partition coefficient (Wildman–Crippen LogP) is 4.65. The maximum absolute atomic E-state index is 10.5. The summed E-state index contributed by atoms with van der Waals surface area (Å²) in [7, 11) is 0. The number of aliphatic carboxylic acids is 1. The Morgan fingerprint density at radius 3 is 2.55 bits per heavy atom. The second-order valence-corrected chi connectivity index (χ2v) is 5.95. The molecule has 0 aromatic heterocycles. The summed E-state index contributed by atoms with van der Waals surface area (Å²) in [6.45, 7) is 0. The van der Waals surface area contributed by atoms with E-state index in [-0.39, 0.29) is 0 Å². The second-order valence-electron chi connectivity index (χ2n) is 5.09. The Bertz CT molecular complexity index is 488. The molecule has 0 bridgehead atoms. The maximum Gasteiger partial charge on any atom is 0.328 e. The Balaban J connectivity index is 2.03. The van der Waals surface area contributed by atoms with E-state index in [2.05, 4.69) is 15.9 Å². The first-order valence-corrected chi connectivity index (χ1v) is 7.81. The smallest absolute Gasteiger partial charge is 0.328 e. The van der Waals surface area contributed by atoms with Gasteiger partial charge in [0.15, 0.2) is 0 Å². The molecule has 1 fully saturated rings. The monoisotopic (exact) mass is 338 g/mol. The van der Waals surface area contributed by atoms with E-state index >= 15 is 0 Å². The van der Waals surface area contributed by atoms with Crippen molar-refractivity contribution in [1.29, 1.82) is 0 Å². The van der Waals surface area contributed by atoms with Gasteiger partial charge in [-0.2, -0.15) is 0 Å². The highest BCUT2D eigenvalue weighted by Crippen LogP contribution is 2.30. The molecular weight excluding hydrogens is 320 g/mol. The van der Waals surface area contributed by atoms with Crippen molar-refractivity contribution in [1.82, 2.24) is 0 Å². The van der Waals surface area contributed by atoms with Crippen molar-refractivity contribution < 1.29 is 14.6 Å². The third-order valence-electron chi connectivity index (χ3n) is 3.47. The van der Waals surface area contributed by atoms with Crippen molar-refractivity contribution in [3.8, 4) is 5.75 Å². The number of carboxylic acids is 1. The zero-order valence-corrected chi connectivity index (χ0v) is 12.9. The summed E-state index contributed by atoms with van der Waals surface area (Å²) in [5.41, 5.74) is 0.840. The van der Waals surface area contributed by atoms with Crippen LogP contribution in [0.2, 0.25) is 0 Å². The number of hydrogen-bond donors (Lipinski definition) is 1. The third kappa shape index (κ3) is 4.67. The Hall–Kier alpha value is -1.29. The van der Waals surface area contributed by atoms with Gasteiger partial charge in [-0.3, -0.25) is 0 Å². The Kier molecular flexibility index (Phi) is 5.65. The van der Waals surface area contributed by atoms with Gasteiger partial charge in [0, 0.05) is 6.08 Å². The van der Waals surface area contributed by atoms with Gasteiger partial charge < -0.3 is 9.84 Å². The number of carboxylic acid groups (broad SMARTS) is 1. The van der Waals surface area contributed by atoms with Crippen LogP contribution in [0.5, 0.6) is 5.75 Å². The SMILES string of the molecule is O=C(O)/C=C/c1ccc(OC2CCCCCC2)c(Br)c1. The van der Waals surface area contributed by atoms with Crippen molar-refractivity contribution in [2.45, 2.75) is 44.6 Å². The highest BCUT2D eigenvalue weighted by Gasteiger charge is 2.14. The van der Waals surface area contributed by atoms with E-state index in [1.54, 1.807) is 6.08 Å². The number of halogens is 1. The van der Waals surface area contributed by atoms with E-state index in [1.165, 1.54) is 25.7 Å². The third-order valence-corrected chi connectivity index (χ3v) is 4.09. The van der Waals surface area contributed by atoms with Crippen LogP contribution in [0.15, 0.2) is 28.7 Å². The summed E-state index contributed by atoms with van der Waals surface area (Å²) < 4.78 is 6.93. The largest absolute Gasteiger partial charge is 0.489 e. The van der Waals surface area contributed by atoms with Crippen LogP contribution >= 0.6 is 15.9 Å². The minimum atomic E-state index is -0.945. The normalized spacial score (nSPS) is 17.1. The Labute approximate surface area is 127 Å². The average Bonchev–Trinajstić information content (AvgIpc) is 2.68. The molecule has 0 saturated heterocycles. The van der Waals surface area contributed by atoms with Crippen LogP contribution in [-0.4, -0.2) is 17.2 Å². The van der Waals surface area contributed by atoms with Crippen LogP contribution in [0.1, 0.15) is 44.1 Å². The van der Waals surface area contributed by atoms with Crippen LogP contribution < -0.4 is 4.74 Å². The lowest BCUT2D eigenvalue weighted by Gasteiger charge is -2.18. The molecule has 1 aliphatic carbocycles. The molecule has 20 heavy (non-hydrogen) atoms. The van der Waals surface area contributed by atoms with E-state index in [0.717, 1.165) is 34.7 Å². The topological polar surface area (TPSA) is 46.5 Å². The molecule has 0 radical (unpaired) electrons. The van der Waals surface area contributed by atoms with E-state index in [0.29, 0.717) is 6.10 Å². The maximum atomic E-state index is 10.5. The van der Waals surface area contributed by atoms with Crippen molar-refractivity contribution in [3.05, 3.63) is 34.3 Å². The van der Waals surface area contributed by atoms with Crippen molar-refractivity contribution in [2.24, 2.45) is 0 Å². The van der Waals surface area contributed by atoms with Gasteiger partial charge in [-0.1, -0.05) is 18.9 Å². The minimum Gasteiger partial charge on any atom is -0.489 e. The lowest BCUT2D eigenvalue weighted by atomic mass is 10.1. The zero-order valence-electron chi connectivity index (χ0n) is 11.3. The van der Waals surface area contributed by atoms with Crippen molar-refractivity contribution in [2.75, 3.05) is 0 Å². The first-order valence-electron chi connectivity index (χ1n) is 7.02. The molecule has 1 aromatic carbocycles. The van der Waals surface area contributed by atoms with Crippen LogP contribution in [-0.2, 0) is 4.79 Å². The lowest BCUT2D eigenvalue weighted by Crippen LogP contribution is -2.15. The molecule has 108 valence electrons. The number of benzene rings is 1. The lowest BCUT2D eigenvalue weighted by molar-refractivity contribution is -0.131. The van der Waals surface area contributed by atoms with Gasteiger partial charge in [0.1, 0.15) is 5.75 Å². The fourth-order valence-electron chi connectivity index (χ4n) is 2.42. The summed E-state index contributed by atoms with van der Waals surface area (Å²) in [5, 5.41) is 8.62. The molecule has 1 N–H and O–H groups in total. The number of carbonyl (C=O) groups is 1. The first-order chi connectivity index (χ1) is 9.65. The standard InChI is InChI=1S/C16H19BrO3/c17-14-11-12(8-10-16(18)19)7-9-15(14)20-13-5-3-1-2-4-6-13/h7-11,13H,1-6H2,(H,18,19)/b10-8+. The molecule has 0 atom stereocenters. The molecule has 0 unspecified atom stereocenters. The summed E-state index contributed by atoms with van der Waals surface area (Å²) in [6.07, 6.45) is 10.3. The molecule has 2 rings (SSSR count). The molecule has 0 amide bonds. The Morgan fingerprint density at radius 1 is 1.25 bits per heavy atom. The van der Waals surface area contributed by atoms with Crippen LogP contribution in [0, 0.1) is 0 Å². The minimum absolute atomic E-state index is 0.300. The van der Waals surface area contributed by atoms with Gasteiger partial charge >= 0.3 is 5.97 Å². The fraction of sp³-hybridized carbons (Fsp3) is 0.438. The van der Waals surface area contributed by atoms with E-state index < -0.39 is 5.97 Å². The highest BCUT2D eigenvalue weighted by atomic mass is 79.9. The fourth-order valence-corrected chi connectivity index (χ4v) is 2.91. The molecule has 1 aliphatic rings. The summed E-state index contributed by atoms with van der Waals surface area (Å²) in [4.78, 5) is 10.5. The van der Waals surface area contributed by atoms with Gasteiger partial charge in [0.05, 0.1) is 10.6 Å². The van der Waals surface area contributed by atoms with Crippen LogP contribution in [0.25, 0.3) is 6.08 Å². The first kappa shape index (κ1) is 15.1. The molecule has 0 spiro atoms. The molecule has 3 nitrogen and oxygen atoms in total. The second kappa shape index (κ2) is 7.48. The van der Waals surface area contributed by atoms with Crippen LogP contribution in [0.4, 0.5) is 0 Å². The van der Waals surface area contributed by atoms with E-state index in [9.17, 15) is 4.79 Å². The van der Waals surface area contributed by atoms with Gasteiger partial charge in [0.2, 0.25) is 0 Å². The highest BCUT2D eigenvalue weighted by molar-refractivity contribution is 9.10. The molecule has 1 aromatic rings. The summed E-state index contributed by atoms with van der Waals surface area (Å²) in [5.74, 6) is -0.107. The quantitative estimate of drug-likeness (QED) is 0.642. The van der Waals surface area contributed by atoms with Gasteiger partial charge in [0.25, 0.3) is 0 Å². The Morgan fingerprint density at radius 2 is 1.95 bits per heavy atom. The van der Waals surface area contributed by atoms with Gasteiger partial charge in [-0.15, -0.1) is 0 Å². The number of rotatable bonds is 4. The average molecular weight is 339 g/mol. The molecular formula is C16H19BrO3. The molecule has 0 heterocycles. The zero-order chi connectivity index (χ0) is 14.4. The van der Waals surface area contributed by atoms with Gasteiger partial charge in [-0.25, -0.2) is 4.79 Å². The summed E-state index contributed by atoms with van der Waals surface area (Å²) >= 11 is 3.49. The number of hydrogen-bond acceptors (Lipinski definition) is 2. The van der Waals surface area contributed by atoms with E-state index in [1.807, 2.05) is 18.2 Å². The van der Waals surface area contributed by atoms with Crippen molar-refractivity contribution in [3.63, 3.8) is 0 Å². The molecule has 4 heteroatoms. The molecule has 0 aliphatic heterocycles. The predicted molar refractivity (Wildman–Crippen MR) is 82.9 cm³/mol.